The van der Waals surface area contributed by atoms with Crippen LogP contribution in [0, 0.1) is 0 Å². The van der Waals surface area contributed by atoms with E-state index in [4.69, 9.17) is 0 Å². The lowest BCUT2D eigenvalue weighted by atomic mass is 10.2. The largest absolute Gasteiger partial charge is 0.301 e. The summed E-state index contributed by atoms with van der Waals surface area (Å²) >= 11 is 1.27. The molecule has 1 heterocycles. The average molecular weight is 377 g/mol. The van der Waals surface area contributed by atoms with Gasteiger partial charge in [0.05, 0.1) is 11.4 Å². The summed E-state index contributed by atoms with van der Waals surface area (Å²) in [6.07, 6.45) is 2.59. The van der Waals surface area contributed by atoms with Gasteiger partial charge in [-0.05, 0) is 43.5 Å². The van der Waals surface area contributed by atoms with Crippen molar-refractivity contribution in [2.75, 3.05) is 10.7 Å². The summed E-state index contributed by atoms with van der Waals surface area (Å²) in [4.78, 5) is 34.2. The van der Waals surface area contributed by atoms with Gasteiger partial charge in [-0.3, -0.25) is 14.5 Å². The van der Waals surface area contributed by atoms with E-state index in [-0.39, 0.29) is 17.2 Å². The first kappa shape index (κ1) is 17.5. The van der Waals surface area contributed by atoms with Crippen molar-refractivity contribution in [3.8, 4) is 0 Å². The van der Waals surface area contributed by atoms with E-state index in [0.717, 1.165) is 41.9 Å². The van der Waals surface area contributed by atoms with Crippen molar-refractivity contribution in [3.05, 3.63) is 82.3 Å². The quantitative estimate of drug-likeness (QED) is 0.544. The van der Waals surface area contributed by atoms with Crippen molar-refractivity contribution < 1.29 is 4.79 Å². The highest BCUT2D eigenvalue weighted by Gasteiger charge is 2.20. The minimum absolute atomic E-state index is 0.0689. The molecule has 0 radical (unpaired) electrons. The number of rotatable bonds is 5. The lowest BCUT2D eigenvalue weighted by Gasteiger charge is -2.22. The van der Waals surface area contributed by atoms with E-state index in [1.54, 1.807) is 4.90 Å². The van der Waals surface area contributed by atoms with Gasteiger partial charge < -0.3 is 4.98 Å². The summed E-state index contributed by atoms with van der Waals surface area (Å²) < 4.78 is 0. The van der Waals surface area contributed by atoms with E-state index in [0.29, 0.717) is 5.16 Å². The highest BCUT2D eigenvalue weighted by atomic mass is 32.2. The van der Waals surface area contributed by atoms with Crippen LogP contribution in [0.3, 0.4) is 0 Å². The number of nitrogens with zero attached hydrogens (tertiary/aromatic N) is 2. The Morgan fingerprint density at radius 2 is 1.63 bits per heavy atom. The molecule has 0 aliphatic heterocycles. The SMILES string of the molecule is O=C(CSc1nc2c(c(=O)[nH]1)CCC2)N(c1ccccc1)c1ccccc1. The Morgan fingerprint density at radius 1 is 1.00 bits per heavy atom. The van der Waals surface area contributed by atoms with Gasteiger partial charge in [-0.15, -0.1) is 0 Å². The van der Waals surface area contributed by atoms with Gasteiger partial charge in [-0.25, -0.2) is 4.98 Å². The van der Waals surface area contributed by atoms with E-state index in [1.165, 1.54) is 11.8 Å². The van der Waals surface area contributed by atoms with Crippen LogP contribution in [0.1, 0.15) is 17.7 Å². The van der Waals surface area contributed by atoms with Crippen LogP contribution in [0.4, 0.5) is 11.4 Å². The number of aromatic nitrogens is 2. The van der Waals surface area contributed by atoms with Crippen molar-refractivity contribution >= 4 is 29.0 Å². The second-order valence-electron chi connectivity index (χ2n) is 6.34. The van der Waals surface area contributed by atoms with E-state index in [2.05, 4.69) is 9.97 Å². The number of para-hydroxylation sites is 2. The molecular weight excluding hydrogens is 358 g/mol. The van der Waals surface area contributed by atoms with Crippen LogP contribution in [0.2, 0.25) is 0 Å². The zero-order chi connectivity index (χ0) is 18.6. The maximum atomic E-state index is 13.0. The van der Waals surface area contributed by atoms with Crippen molar-refractivity contribution in [1.82, 2.24) is 9.97 Å². The average Bonchev–Trinajstić information content (AvgIpc) is 3.18. The van der Waals surface area contributed by atoms with Crippen LogP contribution in [0.5, 0.6) is 0 Å². The molecule has 0 saturated carbocycles. The molecule has 1 aliphatic carbocycles. The third kappa shape index (κ3) is 3.80. The van der Waals surface area contributed by atoms with Crippen LogP contribution >= 0.6 is 11.8 Å². The monoisotopic (exact) mass is 377 g/mol. The van der Waals surface area contributed by atoms with Gasteiger partial charge in [0.15, 0.2) is 5.16 Å². The number of anilines is 2. The number of carbonyl (C=O) groups excluding carboxylic acids is 1. The molecule has 3 aromatic rings. The van der Waals surface area contributed by atoms with Crippen LogP contribution in [-0.2, 0) is 17.6 Å². The Bertz CT molecular complexity index is 963. The fraction of sp³-hybridized carbons (Fsp3) is 0.190. The first-order chi connectivity index (χ1) is 13.2. The highest BCUT2D eigenvalue weighted by Crippen LogP contribution is 2.27. The number of thioether (sulfide) groups is 1. The molecule has 1 aromatic heterocycles. The molecule has 2 aromatic carbocycles. The number of hydrogen-bond acceptors (Lipinski definition) is 4. The first-order valence-corrected chi connectivity index (χ1v) is 9.89. The summed E-state index contributed by atoms with van der Waals surface area (Å²) in [5.74, 6) is 0.117. The zero-order valence-corrected chi connectivity index (χ0v) is 15.5. The van der Waals surface area contributed by atoms with E-state index >= 15 is 0 Å². The Labute approximate surface area is 161 Å². The lowest BCUT2D eigenvalue weighted by Crippen LogP contribution is -2.27. The molecule has 0 atom stereocenters. The van der Waals surface area contributed by atoms with Crippen LogP contribution in [-0.4, -0.2) is 21.6 Å². The summed E-state index contributed by atoms with van der Waals surface area (Å²) in [7, 11) is 0. The lowest BCUT2D eigenvalue weighted by molar-refractivity contribution is -0.115. The third-order valence-corrected chi connectivity index (χ3v) is 5.39. The van der Waals surface area contributed by atoms with E-state index in [1.807, 2.05) is 60.7 Å². The number of hydrogen-bond donors (Lipinski definition) is 1. The number of H-pyrrole nitrogens is 1. The summed E-state index contributed by atoms with van der Waals surface area (Å²) in [5.41, 5.74) is 3.21. The number of carbonyl (C=O) groups is 1. The number of aryl methyl sites for hydroxylation is 1. The molecule has 0 saturated heterocycles. The summed E-state index contributed by atoms with van der Waals surface area (Å²) in [6, 6.07) is 19.1. The molecule has 1 amide bonds. The first-order valence-electron chi connectivity index (χ1n) is 8.90. The fourth-order valence-corrected chi connectivity index (χ4v) is 4.00. The topological polar surface area (TPSA) is 66.1 Å². The van der Waals surface area contributed by atoms with Gasteiger partial charge in [0.1, 0.15) is 0 Å². The summed E-state index contributed by atoms with van der Waals surface area (Å²) in [6.45, 7) is 0. The third-order valence-electron chi connectivity index (χ3n) is 4.53. The van der Waals surface area contributed by atoms with Gasteiger partial charge in [0.2, 0.25) is 5.91 Å². The van der Waals surface area contributed by atoms with E-state index in [9.17, 15) is 9.59 Å². The van der Waals surface area contributed by atoms with E-state index < -0.39 is 0 Å². The van der Waals surface area contributed by atoms with Gasteiger partial charge in [0, 0.05) is 16.9 Å². The molecule has 27 heavy (non-hydrogen) atoms. The predicted octanol–water partition coefficient (Wildman–Crippen LogP) is 3.72. The standard InChI is InChI=1S/C21H19N3O2S/c25-19(14-27-21-22-18-13-7-12-17(18)20(26)23-21)24(15-8-3-1-4-9-15)16-10-5-2-6-11-16/h1-6,8-11H,7,12-14H2,(H,22,23,26). The van der Waals surface area contributed by atoms with Crippen molar-refractivity contribution in [1.29, 1.82) is 0 Å². The predicted molar refractivity (Wildman–Crippen MR) is 108 cm³/mol. The second kappa shape index (κ2) is 7.80. The number of fused-ring (bicyclic) bond motifs is 1. The molecule has 136 valence electrons. The Hall–Kier alpha value is -2.86. The van der Waals surface area contributed by atoms with Crippen molar-refractivity contribution in [2.24, 2.45) is 0 Å². The van der Waals surface area contributed by atoms with Crippen molar-refractivity contribution in [2.45, 2.75) is 24.4 Å². The molecular formula is C21H19N3O2S. The molecule has 4 rings (SSSR count). The van der Waals surface area contributed by atoms with Crippen LogP contribution in [0.25, 0.3) is 0 Å². The van der Waals surface area contributed by atoms with Gasteiger partial charge >= 0.3 is 0 Å². The zero-order valence-electron chi connectivity index (χ0n) is 14.7. The Morgan fingerprint density at radius 3 is 2.26 bits per heavy atom. The van der Waals surface area contributed by atoms with Gasteiger partial charge in [-0.1, -0.05) is 48.2 Å². The smallest absolute Gasteiger partial charge is 0.254 e. The Kier molecular flexibility index (Phi) is 5.07. The molecule has 1 N–H and O–H groups in total. The van der Waals surface area contributed by atoms with Gasteiger partial charge in [0.25, 0.3) is 5.56 Å². The fourth-order valence-electron chi connectivity index (χ4n) is 3.27. The van der Waals surface area contributed by atoms with Crippen LogP contribution in [0.15, 0.2) is 70.6 Å². The number of amides is 1. The van der Waals surface area contributed by atoms with Crippen LogP contribution < -0.4 is 10.5 Å². The number of benzene rings is 2. The van der Waals surface area contributed by atoms with Crippen molar-refractivity contribution in [3.63, 3.8) is 0 Å². The highest BCUT2D eigenvalue weighted by molar-refractivity contribution is 7.99. The molecule has 6 heteroatoms. The summed E-state index contributed by atoms with van der Waals surface area (Å²) in [5, 5.41) is 0.509. The minimum Gasteiger partial charge on any atom is -0.301 e. The second-order valence-corrected chi connectivity index (χ2v) is 7.30. The molecule has 0 fully saturated rings. The molecule has 1 aliphatic rings. The maximum Gasteiger partial charge on any atom is 0.254 e. The number of nitrogens with one attached hydrogen (secondary N) is 1. The minimum atomic E-state index is -0.0737. The normalized spacial score (nSPS) is 12.6. The molecule has 0 bridgehead atoms. The maximum absolute atomic E-state index is 13.0. The molecule has 0 spiro atoms. The van der Waals surface area contributed by atoms with Gasteiger partial charge in [-0.2, -0.15) is 0 Å². The molecule has 5 nitrogen and oxygen atoms in total. The molecule has 0 unspecified atom stereocenters. The Balaban J connectivity index is 1.56. The number of aromatic amines is 1.